The lowest BCUT2D eigenvalue weighted by Crippen LogP contribution is -2.30. The molecular weight excluding hydrogens is 1280 g/mol. The van der Waals surface area contributed by atoms with Gasteiger partial charge >= 0.3 is 39.5 Å². The summed E-state index contributed by atoms with van der Waals surface area (Å²) in [7, 11) is -10.0. The zero-order chi connectivity index (χ0) is 71.8. The van der Waals surface area contributed by atoms with E-state index < -0.39 is 97.5 Å². The highest BCUT2D eigenvalue weighted by atomic mass is 31.2. The standard InChI is InChI=1S/C79H130O17P2/c1-5-9-13-17-21-25-29-33-36-40-43-47-51-55-59-63-76(81)89-69-74(95-78(83)65-61-57-53-49-45-39-32-28-24-20-16-12-8-4)71-93-97(85,86)91-67-73(80)68-92-98(87,88)94-72-75(96-79(84)66-62-58-54-50-46-42-38-35-31-27-23-19-15-11-7-3)70-90-77(82)64-60-56-52-48-44-41-37-34-30-26-22-18-14-10-6-2/h10-11,14-15,21-23,25-27,33-38,44,46,48,50,56,58,60,62,73-75,80H,5-9,12-13,16-20,24,28-32,39-43,45,47,49,51-55,57,59,61,63-72H2,1-4H3,(H,85,86)(H,87,88)/b14-10-,15-11-,25-21-,26-22-,27-23-,36-33-,37-34-,38-35-,48-44-,50-46-,60-56-,62-58-. The Morgan fingerprint density at radius 2 is 0.582 bits per heavy atom. The van der Waals surface area contributed by atoms with E-state index in [9.17, 15) is 43.2 Å². The van der Waals surface area contributed by atoms with Gasteiger partial charge in [-0.2, -0.15) is 0 Å². The molecule has 0 radical (unpaired) electrons. The van der Waals surface area contributed by atoms with Gasteiger partial charge < -0.3 is 33.8 Å². The molecule has 5 atom stereocenters. The first-order chi connectivity index (χ1) is 47.7. The number of phosphoric acid groups is 2. The van der Waals surface area contributed by atoms with Gasteiger partial charge in [0.2, 0.25) is 0 Å². The number of carbonyl (C=O) groups is 4. The Morgan fingerprint density at radius 3 is 0.969 bits per heavy atom. The summed E-state index contributed by atoms with van der Waals surface area (Å²) in [5, 5.41) is 10.6. The highest BCUT2D eigenvalue weighted by Gasteiger charge is 2.30. The molecule has 0 aliphatic heterocycles. The van der Waals surface area contributed by atoms with E-state index in [0.717, 1.165) is 122 Å². The molecule has 0 bridgehead atoms. The van der Waals surface area contributed by atoms with Gasteiger partial charge in [-0.3, -0.25) is 37.3 Å². The summed E-state index contributed by atoms with van der Waals surface area (Å²) in [5.41, 5.74) is 0. The van der Waals surface area contributed by atoms with Gasteiger partial charge in [0, 0.05) is 12.8 Å². The van der Waals surface area contributed by atoms with E-state index >= 15 is 0 Å². The van der Waals surface area contributed by atoms with Crippen LogP contribution in [-0.2, 0) is 65.4 Å². The predicted octanol–water partition coefficient (Wildman–Crippen LogP) is 21.1. The minimum Gasteiger partial charge on any atom is -0.462 e. The first-order valence-electron chi connectivity index (χ1n) is 37.1. The van der Waals surface area contributed by atoms with Gasteiger partial charge in [0.05, 0.1) is 39.3 Å². The first-order valence-corrected chi connectivity index (χ1v) is 40.1. The second-order valence-corrected chi connectivity index (χ2v) is 27.1. The van der Waals surface area contributed by atoms with Crippen molar-refractivity contribution in [1.82, 2.24) is 0 Å². The van der Waals surface area contributed by atoms with Crippen LogP contribution >= 0.6 is 15.6 Å². The van der Waals surface area contributed by atoms with Crippen LogP contribution in [0.3, 0.4) is 0 Å². The monoisotopic (exact) mass is 1410 g/mol. The van der Waals surface area contributed by atoms with Gasteiger partial charge in [-0.15, -0.1) is 0 Å². The molecule has 0 rings (SSSR count). The molecule has 558 valence electrons. The number of aliphatic hydroxyl groups excluding tert-OH is 1. The van der Waals surface area contributed by atoms with Crippen LogP contribution in [0.2, 0.25) is 0 Å². The molecule has 0 saturated heterocycles. The summed E-state index contributed by atoms with van der Waals surface area (Å²) in [6.45, 7) is 4.35. The summed E-state index contributed by atoms with van der Waals surface area (Å²) in [5.74, 6) is -2.49. The fraction of sp³-hybridized carbons (Fsp3) is 0.646. The fourth-order valence-corrected chi connectivity index (χ4v) is 10.9. The Kier molecular flexibility index (Phi) is 66.7. The molecule has 0 aromatic heterocycles. The van der Waals surface area contributed by atoms with Crippen LogP contribution in [0.1, 0.15) is 272 Å². The number of carbonyl (C=O) groups excluding carboxylic acids is 4. The number of aliphatic hydroxyl groups is 1. The molecule has 0 aromatic carbocycles. The van der Waals surface area contributed by atoms with E-state index in [1.165, 1.54) is 70.6 Å². The number of phosphoric ester groups is 2. The maximum Gasteiger partial charge on any atom is 0.472 e. The molecule has 3 N–H and O–H groups in total. The van der Waals surface area contributed by atoms with Gasteiger partial charge in [-0.25, -0.2) is 9.13 Å². The summed E-state index contributed by atoms with van der Waals surface area (Å²) >= 11 is 0. The van der Waals surface area contributed by atoms with Crippen molar-refractivity contribution in [2.75, 3.05) is 39.6 Å². The molecule has 0 spiro atoms. The number of esters is 4. The molecular formula is C79H130O17P2. The lowest BCUT2D eigenvalue weighted by atomic mass is 10.0. The molecule has 0 saturated carbocycles. The highest BCUT2D eigenvalue weighted by Crippen LogP contribution is 2.45. The maximum atomic E-state index is 13.1. The van der Waals surface area contributed by atoms with E-state index in [0.29, 0.717) is 25.7 Å². The second-order valence-electron chi connectivity index (χ2n) is 24.2. The van der Waals surface area contributed by atoms with Crippen LogP contribution in [0.25, 0.3) is 0 Å². The average molecular weight is 1410 g/mol. The number of ether oxygens (including phenoxy) is 4. The smallest absolute Gasteiger partial charge is 0.462 e. The first kappa shape index (κ1) is 92.9. The van der Waals surface area contributed by atoms with Crippen LogP contribution in [-0.4, -0.2) is 96.7 Å². The number of hydrogen-bond donors (Lipinski definition) is 3. The third-order valence-electron chi connectivity index (χ3n) is 14.9. The minimum absolute atomic E-state index is 0.0869. The third kappa shape index (κ3) is 69.4. The Labute approximate surface area is 592 Å². The van der Waals surface area contributed by atoms with Crippen LogP contribution in [0.4, 0.5) is 0 Å². The highest BCUT2D eigenvalue weighted by molar-refractivity contribution is 7.47. The lowest BCUT2D eigenvalue weighted by Gasteiger charge is -2.21. The van der Waals surface area contributed by atoms with Gasteiger partial charge in [0.1, 0.15) is 19.3 Å². The van der Waals surface area contributed by atoms with Crippen LogP contribution in [0.5, 0.6) is 0 Å². The largest absolute Gasteiger partial charge is 0.472 e. The number of allylic oxidation sites excluding steroid dienone is 22. The minimum atomic E-state index is -5.02. The molecule has 0 fully saturated rings. The molecule has 0 heterocycles. The quantitative estimate of drug-likeness (QED) is 0.0169. The van der Waals surface area contributed by atoms with Gasteiger partial charge in [-0.05, 0) is 109 Å². The Bertz CT molecular complexity index is 2430. The zero-order valence-electron chi connectivity index (χ0n) is 60.7. The molecule has 0 amide bonds. The molecule has 98 heavy (non-hydrogen) atoms. The molecule has 0 aliphatic rings. The van der Waals surface area contributed by atoms with Crippen LogP contribution in [0, 0.1) is 0 Å². The average Bonchev–Trinajstić information content (AvgIpc) is 1.04. The number of unbranched alkanes of at least 4 members (excludes halogenated alkanes) is 20. The van der Waals surface area contributed by atoms with Crippen molar-refractivity contribution in [1.29, 1.82) is 0 Å². The van der Waals surface area contributed by atoms with Crippen molar-refractivity contribution in [2.24, 2.45) is 0 Å². The van der Waals surface area contributed by atoms with E-state index in [2.05, 4.69) is 125 Å². The zero-order valence-corrected chi connectivity index (χ0v) is 62.4. The van der Waals surface area contributed by atoms with Crippen molar-refractivity contribution in [3.8, 4) is 0 Å². The van der Waals surface area contributed by atoms with Gasteiger partial charge in [-0.1, -0.05) is 283 Å². The number of rotatable bonds is 68. The normalized spacial score (nSPS) is 14.8. The Morgan fingerprint density at radius 1 is 0.306 bits per heavy atom. The second kappa shape index (κ2) is 70.4. The SMILES string of the molecule is CC/C=C\C/C=C\C/C=C\C/C=C\C/C=C\CC(=O)OCC(COP(=O)(O)OCC(O)COP(=O)(O)OCC(COC(=O)CCCCCCC/C=C\C/C=C\CCCCC)OC(=O)CCCCCCCCCCCCCCC)OC(=O)C/C=C\C/C=C\C/C=C\C/C=C\C/C=C\CC. The van der Waals surface area contributed by atoms with Crippen LogP contribution in [0.15, 0.2) is 146 Å². The van der Waals surface area contributed by atoms with Crippen molar-refractivity contribution < 1.29 is 80.2 Å². The summed E-state index contributed by atoms with van der Waals surface area (Å²) in [6.07, 6.45) is 79.1. The molecule has 0 aromatic rings. The lowest BCUT2D eigenvalue weighted by molar-refractivity contribution is -0.161. The van der Waals surface area contributed by atoms with E-state index in [-0.39, 0.29) is 25.7 Å². The molecule has 5 unspecified atom stereocenters. The molecule has 0 aliphatic carbocycles. The molecule has 17 nitrogen and oxygen atoms in total. The van der Waals surface area contributed by atoms with E-state index in [4.69, 9.17) is 37.0 Å². The van der Waals surface area contributed by atoms with Gasteiger partial charge in [0.25, 0.3) is 0 Å². The summed E-state index contributed by atoms with van der Waals surface area (Å²) in [4.78, 5) is 72.6. The third-order valence-corrected chi connectivity index (χ3v) is 16.8. The Hall–Kier alpha value is -5.06. The van der Waals surface area contributed by atoms with Gasteiger partial charge in [0.15, 0.2) is 12.2 Å². The maximum absolute atomic E-state index is 13.1. The summed E-state index contributed by atoms with van der Waals surface area (Å²) in [6, 6.07) is 0. The predicted molar refractivity (Wildman–Crippen MR) is 399 cm³/mol. The van der Waals surface area contributed by atoms with Crippen molar-refractivity contribution in [3.63, 3.8) is 0 Å². The van der Waals surface area contributed by atoms with Crippen molar-refractivity contribution >= 4 is 39.5 Å². The molecule has 19 heteroatoms. The van der Waals surface area contributed by atoms with E-state index in [1.807, 2.05) is 30.4 Å². The summed E-state index contributed by atoms with van der Waals surface area (Å²) < 4.78 is 68.1. The van der Waals surface area contributed by atoms with Crippen LogP contribution < -0.4 is 0 Å². The fourth-order valence-electron chi connectivity index (χ4n) is 9.28. The topological polar surface area (TPSA) is 237 Å². The van der Waals surface area contributed by atoms with Crippen molar-refractivity contribution in [3.05, 3.63) is 146 Å². The van der Waals surface area contributed by atoms with E-state index in [1.54, 1.807) is 18.2 Å². The number of hydrogen-bond acceptors (Lipinski definition) is 15. The van der Waals surface area contributed by atoms with Crippen molar-refractivity contribution in [2.45, 2.75) is 290 Å². The Balaban J connectivity index is 5.50.